The highest BCUT2D eigenvalue weighted by Crippen LogP contribution is 2.35. The zero-order chi connectivity index (χ0) is 8.97. The Morgan fingerprint density at radius 2 is 2.33 bits per heavy atom. The van der Waals surface area contributed by atoms with Gasteiger partial charge in [-0.05, 0) is 25.3 Å². The van der Waals surface area contributed by atoms with Gasteiger partial charge in [0, 0.05) is 7.11 Å². The Morgan fingerprint density at radius 3 is 2.67 bits per heavy atom. The molecule has 1 aliphatic carbocycles. The van der Waals surface area contributed by atoms with Gasteiger partial charge in [0.2, 0.25) is 0 Å². The van der Waals surface area contributed by atoms with E-state index >= 15 is 0 Å². The van der Waals surface area contributed by atoms with E-state index in [1.807, 2.05) is 0 Å². The Balaban J connectivity index is 2.43. The highest BCUT2D eigenvalue weighted by Gasteiger charge is 2.35. The molecule has 0 bridgehead atoms. The molecule has 0 aromatic heterocycles. The fourth-order valence-corrected chi connectivity index (χ4v) is 1.52. The van der Waals surface area contributed by atoms with Gasteiger partial charge in [0.05, 0.1) is 12.1 Å². The van der Waals surface area contributed by atoms with Gasteiger partial charge in [0.25, 0.3) is 0 Å². The molecule has 68 valence electrons. The molecule has 0 aromatic rings. The topological polar surface area (TPSA) is 21.3 Å². The quantitative estimate of drug-likeness (QED) is 0.617. The molecule has 2 unspecified atom stereocenters. The van der Waals surface area contributed by atoms with Crippen LogP contribution in [0.4, 0.5) is 0 Å². The van der Waals surface area contributed by atoms with E-state index in [0.717, 1.165) is 6.54 Å². The van der Waals surface area contributed by atoms with Gasteiger partial charge in [-0.15, -0.1) is 6.42 Å². The van der Waals surface area contributed by atoms with Crippen molar-refractivity contribution in [2.24, 2.45) is 5.92 Å². The Hall–Kier alpha value is -0.520. The highest BCUT2D eigenvalue weighted by atomic mass is 16.5. The van der Waals surface area contributed by atoms with Gasteiger partial charge in [0.15, 0.2) is 0 Å². The molecular weight excluding hydrogens is 150 g/mol. The molecule has 1 N–H and O–H groups in total. The van der Waals surface area contributed by atoms with Crippen molar-refractivity contribution in [2.75, 3.05) is 13.7 Å². The number of nitrogens with one attached hydrogen (secondary N) is 1. The molecule has 1 aliphatic rings. The molecule has 2 nitrogen and oxygen atoms in total. The van der Waals surface area contributed by atoms with Crippen LogP contribution in [0.1, 0.15) is 19.8 Å². The lowest BCUT2D eigenvalue weighted by Gasteiger charge is -2.21. The second-order valence-electron chi connectivity index (χ2n) is 3.24. The Bertz CT molecular complexity index is 169. The van der Waals surface area contributed by atoms with Crippen LogP contribution in [0.2, 0.25) is 0 Å². The normalized spacial score (nSPS) is 21.4. The summed E-state index contributed by atoms with van der Waals surface area (Å²) < 4.78 is 5.37. The summed E-state index contributed by atoms with van der Waals surface area (Å²) in [5, 5.41) is 3.24. The van der Waals surface area contributed by atoms with Gasteiger partial charge in [0.1, 0.15) is 0 Å². The van der Waals surface area contributed by atoms with Crippen LogP contribution < -0.4 is 5.32 Å². The predicted molar refractivity (Wildman–Crippen MR) is 49.8 cm³/mol. The minimum Gasteiger partial charge on any atom is -0.379 e. The maximum absolute atomic E-state index is 5.41. The van der Waals surface area contributed by atoms with E-state index in [0.29, 0.717) is 5.92 Å². The van der Waals surface area contributed by atoms with Crippen LogP contribution in [0, 0.1) is 18.3 Å². The van der Waals surface area contributed by atoms with E-state index in [1.165, 1.54) is 12.8 Å². The van der Waals surface area contributed by atoms with Crippen molar-refractivity contribution in [2.45, 2.75) is 31.9 Å². The lowest BCUT2D eigenvalue weighted by atomic mass is 10.1. The lowest BCUT2D eigenvalue weighted by molar-refractivity contribution is 0.0674. The van der Waals surface area contributed by atoms with E-state index in [2.05, 4.69) is 18.2 Å². The Labute approximate surface area is 74.7 Å². The number of hydrogen-bond donors (Lipinski definition) is 1. The van der Waals surface area contributed by atoms with Crippen LogP contribution in [-0.2, 0) is 4.74 Å². The van der Waals surface area contributed by atoms with Crippen LogP contribution in [-0.4, -0.2) is 25.8 Å². The number of likely N-dealkylation sites (N-methyl/N-ethyl adjacent to an activating group) is 1. The first-order chi connectivity index (χ1) is 5.83. The summed E-state index contributed by atoms with van der Waals surface area (Å²) in [5.41, 5.74) is 0. The second kappa shape index (κ2) is 4.49. The molecule has 0 saturated heterocycles. The standard InChI is InChI=1S/C10H17NO/c1-4-9(11-5-2)10(12-3)8-6-7-8/h1,8-11H,5-7H2,2-3H3. The zero-order valence-electron chi connectivity index (χ0n) is 7.84. The number of terminal acetylenes is 1. The number of ether oxygens (including phenoxy) is 1. The molecule has 0 aromatic carbocycles. The molecule has 1 rings (SSSR count). The van der Waals surface area contributed by atoms with Gasteiger partial charge < -0.3 is 10.1 Å². The average molecular weight is 167 g/mol. The van der Waals surface area contributed by atoms with E-state index < -0.39 is 0 Å². The summed E-state index contributed by atoms with van der Waals surface area (Å²) in [6.45, 7) is 2.96. The maximum Gasteiger partial charge on any atom is 0.0955 e. The van der Waals surface area contributed by atoms with Crippen molar-refractivity contribution in [3.05, 3.63) is 0 Å². The molecule has 12 heavy (non-hydrogen) atoms. The van der Waals surface area contributed by atoms with Crippen molar-refractivity contribution in [3.63, 3.8) is 0 Å². The summed E-state index contributed by atoms with van der Waals surface area (Å²) in [6, 6.07) is 0.0903. The predicted octanol–water partition coefficient (Wildman–Crippen LogP) is 1.02. The Kier molecular flexibility index (Phi) is 3.58. The van der Waals surface area contributed by atoms with E-state index in [1.54, 1.807) is 7.11 Å². The molecular formula is C10H17NO. The van der Waals surface area contributed by atoms with Crippen LogP contribution >= 0.6 is 0 Å². The average Bonchev–Trinajstić information content (AvgIpc) is 2.88. The first-order valence-electron chi connectivity index (χ1n) is 4.55. The van der Waals surface area contributed by atoms with Gasteiger partial charge in [-0.25, -0.2) is 0 Å². The third-order valence-corrected chi connectivity index (χ3v) is 2.29. The van der Waals surface area contributed by atoms with Gasteiger partial charge >= 0.3 is 0 Å². The summed E-state index contributed by atoms with van der Waals surface area (Å²) in [5.74, 6) is 3.43. The van der Waals surface area contributed by atoms with E-state index in [9.17, 15) is 0 Å². The largest absolute Gasteiger partial charge is 0.379 e. The summed E-state index contributed by atoms with van der Waals surface area (Å²) in [6.07, 6.45) is 8.16. The molecule has 0 aliphatic heterocycles. The van der Waals surface area contributed by atoms with E-state index in [4.69, 9.17) is 11.2 Å². The van der Waals surface area contributed by atoms with Crippen molar-refractivity contribution >= 4 is 0 Å². The summed E-state index contributed by atoms with van der Waals surface area (Å²) in [4.78, 5) is 0. The molecule has 2 heteroatoms. The van der Waals surface area contributed by atoms with Gasteiger partial charge in [-0.3, -0.25) is 0 Å². The monoisotopic (exact) mass is 167 g/mol. The molecule has 2 atom stereocenters. The van der Waals surface area contributed by atoms with Crippen LogP contribution in [0.5, 0.6) is 0 Å². The zero-order valence-corrected chi connectivity index (χ0v) is 7.84. The lowest BCUT2D eigenvalue weighted by Crippen LogP contribution is -2.41. The third-order valence-electron chi connectivity index (χ3n) is 2.29. The third kappa shape index (κ3) is 2.23. The fourth-order valence-electron chi connectivity index (χ4n) is 1.52. The number of methoxy groups -OCH3 is 1. The van der Waals surface area contributed by atoms with Crippen LogP contribution in [0.3, 0.4) is 0 Å². The molecule has 1 saturated carbocycles. The summed E-state index contributed by atoms with van der Waals surface area (Å²) in [7, 11) is 1.74. The van der Waals surface area contributed by atoms with Crippen LogP contribution in [0.15, 0.2) is 0 Å². The maximum atomic E-state index is 5.41. The minimum absolute atomic E-state index is 0.0903. The highest BCUT2D eigenvalue weighted by molar-refractivity contribution is 5.06. The molecule has 0 spiro atoms. The van der Waals surface area contributed by atoms with Crippen molar-refractivity contribution < 1.29 is 4.74 Å². The molecule has 0 amide bonds. The molecule has 0 radical (unpaired) electrons. The minimum atomic E-state index is 0.0903. The van der Waals surface area contributed by atoms with Gasteiger partial charge in [-0.1, -0.05) is 12.8 Å². The summed E-state index contributed by atoms with van der Waals surface area (Å²) >= 11 is 0. The smallest absolute Gasteiger partial charge is 0.0955 e. The van der Waals surface area contributed by atoms with Crippen molar-refractivity contribution in [1.82, 2.24) is 5.32 Å². The van der Waals surface area contributed by atoms with Crippen molar-refractivity contribution in [3.8, 4) is 12.3 Å². The molecule has 1 fully saturated rings. The van der Waals surface area contributed by atoms with E-state index in [-0.39, 0.29) is 12.1 Å². The Morgan fingerprint density at radius 1 is 1.67 bits per heavy atom. The SMILES string of the molecule is C#CC(NCC)C(OC)C1CC1. The number of hydrogen-bond acceptors (Lipinski definition) is 2. The first kappa shape index (κ1) is 9.57. The molecule has 0 heterocycles. The number of rotatable bonds is 5. The first-order valence-corrected chi connectivity index (χ1v) is 4.55. The fraction of sp³-hybridized carbons (Fsp3) is 0.800. The van der Waals surface area contributed by atoms with Gasteiger partial charge in [-0.2, -0.15) is 0 Å². The van der Waals surface area contributed by atoms with Crippen LogP contribution in [0.25, 0.3) is 0 Å². The second-order valence-corrected chi connectivity index (χ2v) is 3.24. The van der Waals surface area contributed by atoms with Crippen molar-refractivity contribution in [1.29, 1.82) is 0 Å².